The number of Topliss-reactive ketones (excluding diaryl/α,β-unsaturated/α-hetero) is 1. The Morgan fingerprint density at radius 3 is 2.53 bits per heavy atom. The third-order valence-electron chi connectivity index (χ3n) is 3.14. The van der Waals surface area contributed by atoms with Crippen LogP contribution in [-0.4, -0.2) is 5.78 Å². The van der Waals surface area contributed by atoms with Crippen LogP contribution in [0.5, 0.6) is 0 Å². The van der Waals surface area contributed by atoms with Gasteiger partial charge in [0.15, 0.2) is 5.78 Å². The van der Waals surface area contributed by atoms with Crippen molar-refractivity contribution in [3.63, 3.8) is 0 Å². The van der Waals surface area contributed by atoms with Crippen LogP contribution in [-0.2, 0) is 0 Å². The number of hydrogen-bond donors (Lipinski definition) is 0. The predicted molar refractivity (Wildman–Crippen MR) is 62.2 cm³/mol. The van der Waals surface area contributed by atoms with E-state index >= 15 is 0 Å². The summed E-state index contributed by atoms with van der Waals surface area (Å²) in [6.45, 7) is 5.50. The largest absolute Gasteiger partial charge is 0.289 e. The molecule has 1 aliphatic rings. The molecule has 0 aliphatic heterocycles. The number of benzene rings is 1. The van der Waals surface area contributed by atoms with Crippen molar-refractivity contribution < 1.29 is 4.79 Å². The summed E-state index contributed by atoms with van der Waals surface area (Å²) in [5.41, 5.74) is 2.70. The molecule has 78 valence electrons. The van der Waals surface area contributed by atoms with Crippen LogP contribution >= 0.6 is 0 Å². The van der Waals surface area contributed by atoms with E-state index in [1.54, 1.807) is 6.92 Å². The maximum Gasteiger partial charge on any atom is 0.188 e. The summed E-state index contributed by atoms with van der Waals surface area (Å²) in [4.78, 5) is 11.9. The Morgan fingerprint density at radius 2 is 2.00 bits per heavy atom. The Hall–Kier alpha value is -1.37. The molecule has 1 aromatic carbocycles. The smallest absolute Gasteiger partial charge is 0.188 e. The number of rotatable bonds is 3. The van der Waals surface area contributed by atoms with Gasteiger partial charge in [-0.3, -0.25) is 4.79 Å². The molecule has 1 aliphatic carbocycles. The zero-order valence-corrected chi connectivity index (χ0v) is 9.12. The Balaban J connectivity index is 2.37. The number of allylic oxidation sites excluding steroid dienone is 1. The summed E-state index contributed by atoms with van der Waals surface area (Å²) in [7, 11) is 0. The molecule has 2 rings (SSSR count). The lowest BCUT2D eigenvalue weighted by molar-refractivity contribution is 0.103. The van der Waals surface area contributed by atoms with Crippen LogP contribution in [0, 0.1) is 0 Å². The third kappa shape index (κ3) is 1.87. The Labute approximate surface area is 90.8 Å². The lowest BCUT2D eigenvalue weighted by atomic mass is 9.77. The second kappa shape index (κ2) is 4.01. The van der Waals surface area contributed by atoms with Gasteiger partial charge in [0.1, 0.15) is 0 Å². The fraction of sp³-hybridized carbons (Fsp3) is 0.357. The first-order valence-corrected chi connectivity index (χ1v) is 5.49. The second-order valence-electron chi connectivity index (χ2n) is 4.32. The Kier molecular flexibility index (Phi) is 2.72. The molecule has 1 heteroatoms. The minimum Gasteiger partial charge on any atom is -0.289 e. The molecule has 0 unspecified atom stereocenters. The Bertz CT molecular complexity index is 400. The van der Waals surface area contributed by atoms with Crippen LogP contribution < -0.4 is 0 Å². The fourth-order valence-electron chi connectivity index (χ4n) is 2.01. The van der Waals surface area contributed by atoms with Crippen molar-refractivity contribution in [1.82, 2.24) is 0 Å². The van der Waals surface area contributed by atoms with Crippen molar-refractivity contribution in [3.8, 4) is 0 Å². The second-order valence-corrected chi connectivity index (χ2v) is 4.32. The van der Waals surface area contributed by atoms with Gasteiger partial charge in [0.05, 0.1) is 0 Å². The molecule has 0 aromatic heterocycles. The van der Waals surface area contributed by atoms with E-state index in [2.05, 4.69) is 12.6 Å². The molecule has 0 saturated heterocycles. The van der Waals surface area contributed by atoms with E-state index in [9.17, 15) is 4.79 Å². The lowest BCUT2D eigenvalue weighted by Crippen LogP contribution is -2.14. The van der Waals surface area contributed by atoms with Gasteiger partial charge < -0.3 is 0 Å². The monoisotopic (exact) mass is 200 g/mol. The average molecular weight is 200 g/mol. The van der Waals surface area contributed by atoms with Crippen molar-refractivity contribution in [2.75, 3.05) is 0 Å². The summed E-state index contributed by atoms with van der Waals surface area (Å²) in [6.07, 6.45) is 3.74. The van der Waals surface area contributed by atoms with Crippen LogP contribution in [0.2, 0.25) is 0 Å². The van der Waals surface area contributed by atoms with Crippen molar-refractivity contribution in [2.24, 2.45) is 0 Å². The number of ketones is 1. The zero-order chi connectivity index (χ0) is 10.8. The molecule has 0 N–H and O–H groups in total. The van der Waals surface area contributed by atoms with Gasteiger partial charge in [0.2, 0.25) is 0 Å². The van der Waals surface area contributed by atoms with E-state index in [1.165, 1.54) is 24.8 Å². The summed E-state index contributed by atoms with van der Waals surface area (Å²) in [6, 6.07) is 7.95. The van der Waals surface area contributed by atoms with E-state index in [0.717, 1.165) is 5.56 Å². The SMILES string of the molecule is C=C(C)C(=O)c1ccccc1C1CCC1. The van der Waals surface area contributed by atoms with Crippen molar-refractivity contribution >= 4 is 5.78 Å². The third-order valence-corrected chi connectivity index (χ3v) is 3.14. The number of carbonyl (C=O) groups excluding carboxylic acids is 1. The van der Waals surface area contributed by atoms with Gasteiger partial charge in [-0.25, -0.2) is 0 Å². The lowest BCUT2D eigenvalue weighted by Gasteiger charge is -2.27. The van der Waals surface area contributed by atoms with Gasteiger partial charge in [0, 0.05) is 5.56 Å². The summed E-state index contributed by atoms with van der Waals surface area (Å²) >= 11 is 0. The van der Waals surface area contributed by atoms with Gasteiger partial charge in [-0.05, 0) is 36.8 Å². The molecule has 0 radical (unpaired) electrons. The first kappa shape index (κ1) is 10.2. The van der Waals surface area contributed by atoms with Gasteiger partial charge in [-0.2, -0.15) is 0 Å². The van der Waals surface area contributed by atoms with Gasteiger partial charge >= 0.3 is 0 Å². The highest BCUT2D eigenvalue weighted by atomic mass is 16.1. The van der Waals surface area contributed by atoms with Gasteiger partial charge in [-0.1, -0.05) is 37.3 Å². The van der Waals surface area contributed by atoms with Crippen LogP contribution in [0.15, 0.2) is 36.4 Å². The normalized spacial score (nSPS) is 15.8. The van der Waals surface area contributed by atoms with E-state index in [0.29, 0.717) is 11.5 Å². The van der Waals surface area contributed by atoms with Crippen LogP contribution in [0.1, 0.15) is 48.0 Å². The quantitative estimate of drug-likeness (QED) is 0.537. The number of carbonyl (C=O) groups is 1. The van der Waals surface area contributed by atoms with Gasteiger partial charge in [-0.15, -0.1) is 0 Å². The van der Waals surface area contributed by atoms with Crippen molar-refractivity contribution in [2.45, 2.75) is 32.1 Å². The highest BCUT2D eigenvalue weighted by Crippen LogP contribution is 2.38. The molecule has 15 heavy (non-hydrogen) atoms. The molecule has 0 atom stereocenters. The highest BCUT2D eigenvalue weighted by molar-refractivity contribution is 6.08. The van der Waals surface area contributed by atoms with Crippen LogP contribution in [0.3, 0.4) is 0 Å². The first-order chi connectivity index (χ1) is 7.20. The van der Waals surface area contributed by atoms with Crippen molar-refractivity contribution in [1.29, 1.82) is 0 Å². The van der Waals surface area contributed by atoms with E-state index in [1.807, 2.05) is 18.2 Å². The molecule has 0 heterocycles. The summed E-state index contributed by atoms with van der Waals surface area (Å²) < 4.78 is 0. The Morgan fingerprint density at radius 1 is 1.33 bits per heavy atom. The average Bonchev–Trinajstić information content (AvgIpc) is 2.15. The topological polar surface area (TPSA) is 17.1 Å². The van der Waals surface area contributed by atoms with E-state index in [4.69, 9.17) is 0 Å². The molecular formula is C14H16O. The zero-order valence-electron chi connectivity index (χ0n) is 9.12. The molecule has 0 bridgehead atoms. The maximum absolute atomic E-state index is 11.9. The standard InChI is InChI=1S/C14H16O/c1-10(2)14(15)13-9-4-3-8-12(13)11-6-5-7-11/h3-4,8-9,11H,1,5-7H2,2H3. The van der Waals surface area contributed by atoms with E-state index in [-0.39, 0.29) is 5.78 Å². The molecule has 1 nitrogen and oxygen atoms in total. The van der Waals surface area contributed by atoms with Crippen LogP contribution in [0.4, 0.5) is 0 Å². The predicted octanol–water partition coefficient (Wildman–Crippen LogP) is 3.71. The molecule has 0 spiro atoms. The fourth-order valence-corrected chi connectivity index (χ4v) is 2.01. The van der Waals surface area contributed by atoms with Gasteiger partial charge in [0.25, 0.3) is 0 Å². The first-order valence-electron chi connectivity index (χ1n) is 5.49. The highest BCUT2D eigenvalue weighted by Gasteiger charge is 2.23. The molecule has 1 fully saturated rings. The summed E-state index contributed by atoms with van der Waals surface area (Å²) in [5.74, 6) is 0.696. The molecular weight excluding hydrogens is 184 g/mol. The van der Waals surface area contributed by atoms with Crippen molar-refractivity contribution in [3.05, 3.63) is 47.5 Å². The summed E-state index contributed by atoms with van der Waals surface area (Å²) in [5, 5.41) is 0. The van der Waals surface area contributed by atoms with E-state index < -0.39 is 0 Å². The maximum atomic E-state index is 11.9. The molecule has 1 aromatic rings. The minimum absolute atomic E-state index is 0.0949. The number of hydrogen-bond acceptors (Lipinski definition) is 1. The van der Waals surface area contributed by atoms with Crippen LogP contribution in [0.25, 0.3) is 0 Å². The minimum atomic E-state index is 0.0949. The molecule has 0 amide bonds. The molecule has 1 saturated carbocycles.